The largest absolute Gasteiger partial charge is 0.459 e. The maximum absolute atomic E-state index is 11.7. The molecule has 0 radical (unpaired) electrons. The Balaban J connectivity index is 2.68. The van der Waals surface area contributed by atoms with Gasteiger partial charge >= 0.3 is 11.9 Å². The summed E-state index contributed by atoms with van der Waals surface area (Å²) < 4.78 is 27.8. The summed E-state index contributed by atoms with van der Waals surface area (Å²) in [5.41, 5.74) is 1.74. The molecule has 0 saturated heterocycles. The van der Waals surface area contributed by atoms with Gasteiger partial charge in [0.1, 0.15) is 0 Å². The number of benzene rings is 1. The molecule has 0 bridgehead atoms. The van der Waals surface area contributed by atoms with Crippen molar-refractivity contribution in [3.05, 3.63) is 29.3 Å². The lowest BCUT2D eigenvalue weighted by atomic mass is 10.4. The fraction of sp³-hybridized carbons (Fsp3) is 0.200. The Bertz CT molecular complexity index is 570. The van der Waals surface area contributed by atoms with Gasteiger partial charge < -0.3 is 4.74 Å². The Labute approximate surface area is 114 Å². The van der Waals surface area contributed by atoms with Gasteiger partial charge in [0.2, 0.25) is 0 Å². The Morgan fingerprint density at radius 1 is 1.26 bits per heavy atom. The van der Waals surface area contributed by atoms with Crippen LogP contribution in [0.15, 0.2) is 29.2 Å². The number of hydrogen-bond acceptors (Lipinski definition) is 5. The zero-order chi connectivity index (χ0) is 14.5. The number of amides is 1. The van der Waals surface area contributed by atoms with E-state index in [2.05, 4.69) is 4.74 Å². The number of rotatable bonds is 4. The minimum atomic E-state index is -3.97. The summed E-state index contributed by atoms with van der Waals surface area (Å²) in [4.78, 5) is 23.7. The molecular weight excluding hydrogens is 296 g/mol. The van der Waals surface area contributed by atoms with E-state index in [1.165, 1.54) is 31.2 Å². The molecule has 0 spiro atoms. The average molecular weight is 307 g/mol. The van der Waals surface area contributed by atoms with Gasteiger partial charge in [-0.15, -0.1) is 4.83 Å². The SMILES string of the molecule is CCOC(=O)C(=O)NNS(=O)(=O)c1ccc(Cl)cc1. The van der Waals surface area contributed by atoms with Crippen LogP contribution in [0.2, 0.25) is 5.02 Å². The summed E-state index contributed by atoms with van der Waals surface area (Å²) in [6.07, 6.45) is 0. The summed E-state index contributed by atoms with van der Waals surface area (Å²) in [6, 6.07) is 5.26. The number of esters is 1. The summed E-state index contributed by atoms with van der Waals surface area (Å²) in [7, 11) is -3.97. The van der Waals surface area contributed by atoms with Crippen molar-refractivity contribution < 1.29 is 22.7 Å². The van der Waals surface area contributed by atoms with Crippen molar-refractivity contribution in [2.45, 2.75) is 11.8 Å². The number of hydrazine groups is 1. The molecule has 0 atom stereocenters. The second-order valence-corrected chi connectivity index (χ2v) is 5.35. The third-order valence-electron chi connectivity index (χ3n) is 1.88. The molecule has 1 rings (SSSR count). The first-order chi connectivity index (χ1) is 8.86. The van der Waals surface area contributed by atoms with E-state index < -0.39 is 21.9 Å². The van der Waals surface area contributed by atoms with E-state index in [-0.39, 0.29) is 11.5 Å². The summed E-state index contributed by atoms with van der Waals surface area (Å²) >= 11 is 5.62. The highest BCUT2D eigenvalue weighted by Crippen LogP contribution is 2.13. The van der Waals surface area contributed by atoms with Gasteiger partial charge in [-0.1, -0.05) is 11.6 Å². The second-order valence-electron chi connectivity index (χ2n) is 3.23. The lowest BCUT2D eigenvalue weighted by molar-refractivity contribution is -0.154. The van der Waals surface area contributed by atoms with Gasteiger partial charge in [0.15, 0.2) is 0 Å². The van der Waals surface area contributed by atoms with Crippen LogP contribution in [-0.2, 0) is 24.3 Å². The molecule has 0 heterocycles. The van der Waals surface area contributed by atoms with Gasteiger partial charge in [-0.2, -0.15) is 0 Å². The third-order valence-corrected chi connectivity index (χ3v) is 3.40. The molecule has 104 valence electrons. The minimum Gasteiger partial charge on any atom is -0.459 e. The van der Waals surface area contributed by atoms with Crippen molar-refractivity contribution in [1.82, 2.24) is 10.3 Å². The van der Waals surface area contributed by atoms with Crippen LogP contribution in [-0.4, -0.2) is 26.9 Å². The van der Waals surface area contributed by atoms with Crippen molar-refractivity contribution in [3.63, 3.8) is 0 Å². The van der Waals surface area contributed by atoms with Crippen LogP contribution in [0.1, 0.15) is 6.92 Å². The van der Waals surface area contributed by atoms with Crippen molar-refractivity contribution in [2.24, 2.45) is 0 Å². The maximum Gasteiger partial charge on any atom is 0.398 e. The van der Waals surface area contributed by atoms with E-state index in [1.54, 1.807) is 10.3 Å². The third kappa shape index (κ3) is 4.51. The molecule has 7 nitrogen and oxygen atoms in total. The Morgan fingerprint density at radius 3 is 2.37 bits per heavy atom. The smallest absolute Gasteiger partial charge is 0.398 e. The van der Waals surface area contributed by atoms with Gasteiger partial charge in [0.25, 0.3) is 10.0 Å². The maximum atomic E-state index is 11.7. The Hall–Kier alpha value is -1.64. The standard InChI is InChI=1S/C10H11ClN2O5S/c1-2-18-10(15)9(14)12-13-19(16,17)8-5-3-7(11)4-6-8/h3-6,13H,2H2,1H3,(H,12,14). The molecule has 1 aromatic rings. The van der Waals surface area contributed by atoms with Crippen LogP contribution in [0.25, 0.3) is 0 Å². The van der Waals surface area contributed by atoms with E-state index in [4.69, 9.17) is 11.6 Å². The number of carbonyl (C=O) groups is 2. The van der Waals surface area contributed by atoms with Crippen molar-refractivity contribution in [1.29, 1.82) is 0 Å². The molecule has 0 fully saturated rings. The van der Waals surface area contributed by atoms with Crippen molar-refractivity contribution in [3.8, 4) is 0 Å². The van der Waals surface area contributed by atoms with Gasteiger partial charge in [-0.3, -0.25) is 10.2 Å². The summed E-state index contributed by atoms with van der Waals surface area (Å²) in [6.45, 7) is 1.53. The second kappa shape index (κ2) is 6.50. The average Bonchev–Trinajstić information content (AvgIpc) is 2.37. The normalized spacial score (nSPS) is 10.8. The molecule has 0 aliphatic heterocycles. The van der Waals surface area contributed by atoms with Crippen LogP contribution in [0, 0.1) is 0 Å². The van der Waals surface area contributed by atoms with Gasteiger partial charge in [0.05, 0.1) is 11.5 Å². The topological polar surface area (TPSA) is 102 Å². The molecule has 0 aromatic heterocycles. The molecule has 1 aromatic carbocycles. The number of nitrogens with one attached hydrogen (secondary N) is 2. The molecule has 0 aliphatic rings. The molecule has 9 heteroatoms. The van der Waals surface area contributed by atoms with Crippen LogP contribution in [0.3, 0.4) is 0 Å². The predicted octanol–water partition coefficient (Wildman–Crippen LogP) is 0.213. The number of carbonyl (C=O) groups excluding carboxylic acids is 2. The Kier molecular flexibility index (Phi) is 5.28. The predicted molar refractivity (Wildman–Crippen MR) is 66.5 cm³/mol. The fourth-order valence-corrected chi connectivity index (χ4v) is 2.00. The number of ether oxygens (including phenoxy) is 1. The summed E-state index contributed by atoms with van der Waals surface area (Å²) in [5, 5.41) is 0.370. The van der Waals surface area contributed by atoms with Crippen molar-refractivity contribution >= 4 is 33.5 Å². The molecule has 0 unspecified atom stereocenters. The highest BCUT2D eigenvalue weighted by molar-refractivity contribution is 7.89. The first kappa shape index (κ1) is 15.4. The highest BCUT2D eigenvalue weighted by atomic mass is 35.5. The molecule has 2 N–H and O–H groups in total. The van der Waals surface area contributed by atoms with Crippen LogP contribution in [0.5, 0.6) is 0 Å². The fourth-order valence-electron chi connectivity index (χ4n) is 1.03. The number of hydrogen-bond donors (Lipinski definition) is 2. The first-order valence-electron chi connectivity index (χ1n) is 5.11. The quantitative estimate of drug-likeness (QED) is 0.470. The summed E-state index contributed by atoms with van der Waals surface area (Å²) in [5.74, 6) is -2.39. The zero-order valence-electron chi connectivity index (χ0n) is 9.84. The van der Waals surface area contributed by atoms with Crippen LogP contribution in [0.4, 0.5) is 0 Å². The molecule has 1 amide bonds. The van der Waals surface area contributed by atoms with Crippen molar-refractivity contribution in [2.75, 3.05) is 6.61 Å². The van der Waals surface area contributed by atoms with E-state index in [0.717, 1.165) is 0 Å². The Morgan fingerprint density at radius 2 is 1.84 bits per heavy atom. The first-order valence-corrected chi connectivity index (χ1v) is 6.97. The minimum absolute atomic E-state index is 0.0101. The van der Waals surface area contributed by atoms with E-state index in [0.29, 0.717) is 5.02 Å². The number of sulfonamides is 1. The van der Waals surface area contributed by atoms with E-state index in [1.807, 2.05) is 0 Å². The molecule has 0 saturated carbocycles. The molecular formula is C10H11ClN2O5S. The molecule has 0 aliphatic carbocycles. The van der Waals surface area contributed by atoms with E-state index >= 15 is 0 Å². The lowest BCUT2D eigenvalue weighted by Gasteiger charge is -2.07. The van der Waals surface area contributed by atoms with Crippen LogP contribution < -0.4 is 10.3 Å². The lowest BCUT2D eigenvalue weighted by Crippen LogP contribution is -2.45. The van der Waals surface area contributed by atoms with Gasteiger partial charge in [-0.25, -0.2) is 13.2 Å². The molecule has 19 heavy (non-hydrogen) atoms. The highest BCUT2D eigenvalue weighted by Gasteiger charge is 2.19. The van der Waals surface area contributed by atoms with Gasteiger partial charge in [-0.05, 0) is 31.2 Å². The monoisotopic (exact) mass is 306 g/mol. The zero-order valence-corrected chi connectivity index (χ0v) is 11.4. The van der Waals surface area contributed by atoms with Gasteiger partial charge in [0, 0.05) is 5.02 Å². The van der Waals surface area contributed by atoms with Crippen LogP contribution >= 0.6 is 11.6 Å². The number of halogens is 1. The van der Waals surface area contributed by atoms with E-state index in [9.17, 15) is 18.0 Å².